The maximum Gasteiger partial charge on any atom is 0.416 e. The van der Waals surface area contributed by atoms with Crippen molar-refractivity contribution < 1.29 is 22.6 Å². The van der Waals surface area contributed by atoms with Gasteiger partial charge in [0.1, 0.15) is 10.7 Å². The fraction of sp³-hybridized carbons (Fsp3) is 0.130. The van der Waals surface area contributed by atoms with E-state index in [2.05, 4.69) is 9.97 Å². The highest BCUT2D eigenvalue weighted by atomic mass is 32.1. The van der Waals surface area contributed by atoms with Gasteiger partial charge < -0.3 is 14.5 Å². The zero-order chi connectivity index (χ0) is 22.9. The van der Waals surface area contributed by atoms with Gasteiger partial charge in [-0.1, -0.05) is 24.3 Å². The molecule has 2 aromatic carbocycles. The van der Waals surface area contributed by atoms with E-state index in [0.717, 1.165) is 17.7 Å². The lowest BCUT2D eigenvalue weighted by Crippen LogP contribution is -2.09. The molecule has 0 saturated carbocycles. The van der Waals surface area contributed by atoms with E-state index in [0.29, 0.717) is 32.8 Å². The second kappa shape index (κ2) is 8.51. The van der Waals surface area contributed by atoms with Crippen LogP contribution in [0.1, 0.15) is 17.0 Å². The second-order valence-corrected chi connectivity index (χ2v) is 7.67. The predicted octanol–water partition coefficient (Wildman–Crippen LogP) is 5.86. The Morgan fingerprint density at radius 1 is 1.03 bits per heavy atom. The van der Waals surface area contributed by atoms with Crippen molar-refractivity contribution >= 4 is 33.7 Å². The molecule has 4 aromatic rings. The summed E-state index contributed by atoms with van der Waals surface area (Å²) in [4.78, 5) is 20.4. The summed E-state index contributed by atoms with van der Waals surface area (Å²) in [7, 11) is 3.07. The van der Waals surface area contributed by atoms with Gasteiger partial charge in [0, 0.05) is 10.9 Å². The van der Waals surface area contributed by atoms with E-state index in [-0.39, 0.29) is 11.4 Å². The highest BCUT2D eigenvalue weighted by molar-refractivity contribution is 7.17. The van der Waals surface area contributed by atoms with Gasteiger partial charge in [-0.3, -0.25) is 4.79 Å². The van der Waals surface area contributed by atoms with Crippen LogP contribution < -0.4 is 15.0 Å². The first-order chi connectivity index (χ1) is 15.3. The molecule has 0 amide bonds. The standard InChI is InChI=1S/C23H17F3N2O3S/c1-30-17-8-7-14(11-18(17)31-2)16-12-32-22-20(16)21(29)27-19(28-22)9-6-13-4-3-5-15(10-13)23(24,25)26/h3-12H,1-2H3,(H,27,28,29)/b9-6+. The van der Waals surface area contributed by atoms with Crippen LogP contribution in [0.25, 0.3) is 33.5 Å². The van der Waals surface area contributed by atoms with Gasteiger partial charge in [0.25, 0.3) is 5.56 Å². The van der Waals surface area contributed by atoms with Crippen molar-refractivity contribution in [3.05, 3.63) is 75.1 Å². The monoisotopic (exact) mass is 458 g/mol. The Hall–Kier alpha value is -3.59. The molecule has 0 aliphatic carbocycles. The number of fused-ring (bicyclic) bond motifs is 1. The topological polar surface area (TPSA) is 64.2 Å². The molecule has 0 atom stereocenters. The van der Waals surface area contributed by atoms with Crippen molar-refractivity contribution in [2.45, 2.75) is 6.18 Å². The Balaban J connectivity index is 1.70. The van der Waals surface area contributed by atoms with Crippen LogP contribution >= 0.6 is 11.3 Å². The first kappa shape index (κ1) is 21.6. The molecular formula is C23H17F3N2O3S. The maximum absolute atomic E-state index is 12.9. The molecule has 164 valence electrons. The van der Waals surface area contributed by atoms with E-state index >= 15 is 0 Å². The van der Waals surface area contributed by atoms with Crippen molar-refractivity contribution in [3.63, 3.8) is 0 Å². The third-order valence-electron chi connectivity index (χ3n) is 4.80. The molecule has 0 fully saturated rings. The molecule has 0 spiro atoms. The lowest BCUT2D eigenvalue weighted by Gasteiger charge is -2.09. The summed E-state index contributed by atoms with van der Waals surface area (Å²) in [6.45, 7) is 0. The molecule has 0 saturated heterocycles. The molecule has 0 unspecified atom stereocenters. The number of ether oxygens (including phenoxy) is 2. The van der Waals surface area contributed by atoms with Crippen molar-refractivity contribution in [1.82, 2.24) is 9.97 Å². The minimum Gasteiger partial charge on any atom is -0.493 e. The normalized spacial score (nSPS) is 11.9. The number of halogens is 3. The lowest BCUT2D eigenvalue weighted by atomic mass is 10.1. The minimum absolute atomic E-state index is 0.251. The predicted molar refractivity (Wildman–Crippen MR) is 119 cm³/mol. The molecule has 2 heterocycles. The number of H-pyrrole nitrogens is 1. The summed E-state index contributed by atoms with van der Waals surface area (Å²) in [5.74, 6) is 1.36. The molecule has 1 N–H and O–H groups in total. The van der Waals surface area contributed by atoms with Crippen LogP contribution in [-0.2, 0) is 6.18 Å². The average molecular weight is 458 g/mol. The largest absolute Gasteiger partial charge is 0.493 e. The van der Waals surface area contributed by atoms with Crippen LogP contribution in [0.15, 0.2) is 52.6 Å². The van der Waals surface area contributed by atoms with Gasteiger partial charge in [-0.05, 0) is 41.5 Å². The van der Waals surface area contributed by atoms with Gasteiger partial charge in [-0.25, -0.2) is 4.98 Å². The zero-order valence-electron chi connectivity index (χ0n) is 17.0. The van der Waals surface area contributed by atoms with Crippen LogP contribution in [0, 0.1) is 0 Å². The third kappa shape index (κ3) is 4.24. The van der Waals surface area contributed by atoms with Gasteiger partial charge in [-0.15, -0.1) is 11.3 Å². The number of aromatic amines is 1. The lowest BCUT2D eigenvalue weighted by molar-refractivity contribution is -0.137. The van der Waals surface area contributed by atoms with Gasteiger partial charge in [0.05, 0.1) is 25.2 Å². The summed E-state index contributed by atoms with van der Waals surface area (Å²) in [6.07, 6.45) is -1.47. The number of nitrogens with zero attached hydrogens (tertiary/aromatic N) is 1. The zero-order valence-corrected chi connectivity index (χ0v) is 17.8. The van der Waals surface area contributed by atoms with Crippen molar-refractivity contribution in [2.24, 2.45) is 0 Å². The Labute approximate surface area is 184 Å². The number of thiophene rings is 1. The minimum atomic E-state index is -4.42. The number of aromatic nitrogens is 2. The van der Waals surface area contributed by atoms with E-state index in [9.17, 15) is 18.0 Å². The molecule has 0 bridgehead atoms. The number of alkyl halides is 3. The summed E-state index contributed by atoms with van der Waals surface area (Å²) < 4.78 is 49.3. The van der Waals surface area contributed by atoms with Gasteiger partial charge in [0.2, 0.25) is 0 Å². The molecule has 0 aliphatic rings. The van der Waals surface area contributed by atoms with Crippen LogP contribution in [-0.4, -0.2) is 24.2 Å². The van der Waals surface area contributed by atoms with E-state index in [1.165, 1.54) is 36.7 Å². The molecular weight excluding hydrogens is 441 g/mol. The second-order valence-electron chi connectivity index (χ2n) is 6.81. The molecule has 0 radical (unpaired) electrons. The van der Waals surface area contributed by atoms with Gasteiger partial charge >= 0.3 is 6.18 Å². The van der Waals surface area contributed by atoms with Gasteiger partial charge in [0.15, 0.2) is 11.5 Å². The van der Waals surface area contributed by atoms with Crippen LogP contribution in [0.5, 0.6) is 11.5 Å². The first-order valence-electron chi connectivity index (χ1n) is 9.39. The number of hydrogen-bond acceptors (Lipinski definition) is 5. The van der Waals surface area contributed by atoms with E-state index < -0.39 is 11.7 Å². The highest BCUT2D eigenvalue weighted by Gasteiger charge is 2.30. The third-order valence-corrected chi connectivity index (χ3v) is 5.68. The Morgan fingerprint density at radius 2 is 1.81 bits per heavy atom. The Morgan fingerprint density at radius 3 is 2.53 bits per heavy atom. The smallest absolute Gasteiger partial charge is 0.416 e. The maximum atomic E-state index is 12.9. The number of rotatable bonds is 5. The van der Waals surface area contributed by atoms with Crippen molar-refractivity contribution in [1.29, 1.82) is 0 Å². The quantitative estimate of drug-likeness (QED) is 0.407. The SMILES string of the molecule is COc1ccc(-c2csc3nc(/C=C/c4cccc(C(F)(F)F)c4)[nH]c(=O)c23)cc1OC. The Bertz CT molecular complexity index is 1370. The summed E-state index contributed by atoms with van der Waals surface area (Å²) in [5.41, 5.74) is 0.737. The number of benzene rings is 2. The molecule has 2 aromatic heterocycles. The van der Waals surface area contributed by atoms with E-state index in [1.54, 1.807) is 25.3 Å². The fourth-order valence-corrected chi connectivity index (χ4v) is 4.21. The molecule has 5 nitrogen and oxygen atoms in total. The number of nitrogens with one attached hydrogen (secondary N) is 1. The highest BCUT2D eigenvalue weighted by Crippen LogP contribution is 2.36. The van der Waals surface area contributed by atoms with Gasteiger partial charge in [-0.2, -0.15) is 13.2 Å². The van der Waals surface area contributed by atoms with E-state index in [4.69, 9.17) is 9.47 Å². The Kier molecular flexibility index (Phi) is 5.75. The van der Waals surface area contributed by atoms with E-state index in [1.807, 2.05) is 11.4 Å². The fourth-order valence-electron chi connectivity index (χ4n) is 3.25. The first-order valence-corrected chi connectivity index (χ1v) is 10.3. The molecule has 9 heteroatoms. The molecule has 32 heavy (non-hydrogen) atoms. The van der Waals surface area contributed by atoms with Crippen LogP contribution in [0.3, 0.4) is 0 Å². The molecule has 4 rings (SSSR count). The van der Waals surface area contributed by atoms with Crippen molar-refractivity contribution in [3.8, 4) is 22.6 Å². The summed E-state index contributed by atoms with van der Waals surface area (Å²) in [6, 6.07) is 10.3. The van der Waals surface area contributed by atoms with Crippen LogP contribution in [0.4, 0.5) is 13.2 Å². The summed E-state index contributed by atoms with van der Waals surface area (Å²) in [5, 5.41) is 2.26. The number of hydrogen-bond donors (Lipinski definition) is 1. The number of methoxy groups -OCH3 is 2. The summed E-state index contributed by atoms with van der Waals surface area (Å²) >= 11 is 1.30. The van der Waals surface area contributed by atoms with Crippen LogP contribution in [0.2, 0.25) is 0 Å². The average Bonchev–Trinajstić information content (AvgIpc) is 3.21. The van der Waals surface area contributed by atoms with Crippen molar-refractivity contribution in [2.75, 3.05) is 14.2 Å². The molecule has 0 aliphatic heterocycles.